The molecule has 1 aromatic rings. The number of hydrogen-bond donors (Lipinski definition) is 5. The van der Waals surface area contributed by atoms with Crippen LogP contribution < -0.4 is 11.1 Å². The van der Waals surface area contributed by atoms with Crippen molar-refractivity contribution in [1.82, 2.24) is 25.1 Å². The Labute approximate surface area is 185 Å². The highest BCUT2D eigenvalue weighted by molar-refractivity contribution is 7.80. The first-order chi connectivity index (χ1) is 14.8. The molecular formula is C19H28N6O5S. The van der Waals surface area contributed by atoms with Crippen LogP contribution in [0.1, 0.15) is 31.4 Å². The summed E-state index contributed by atoms with van der Waals surface area (Å²) >= 11 is 4.03. The fourth-order valence-electron chi connectivity index (χ4n) is 4.14. The molecule has 2 aliphatic rings. The predicted octanol–water partition coefficient (Wildman–Crippen LogP) is -1.24. The number of nitrogens with zero attached hydrogens (tertiary/aromatic N) is 3. The largest absolute Gasteiger partial charge is 0.480 e. The van der Waals surface area contributed by atoms with Gasteiger partial charge in [0, 0.05) is 37.2 Å². The zero-order valence-corrected chi connectivity index (χ0v) is 18.0. The molecule has 31 heavy (non-hydrogen) atoms. The van der Waals surface area contributed by atoms with Gasteiger partial charge in [0.2, 0.25) is 17.7 Å². The topological polar surface area (TPSA) is 162 Å². The van der Waals surface area contributed by atoms with E-state index >= 15 is 0 Å². The molecule has 4 atom stereocenters. The fraction of sp³-hybridized carbons (Fsp3) is 0.632. The quantitative estimate of drug-likeness (QED) is 0.308. The fourth-order valence-corrected chi connectivity index (χ4v) is 4.31. The minimum Gasteiger partial charge on any atom is -0.480 e. The normalized spacial score (nSPS) is 22.9. The van der Waals surface area contributed by atoms with E-state index in [-0.39, 0.29) is 18.1 Å². The molecule has 0 spiro atoms. The molecule has 0 saturated carbocycles. The minimum atomic E-state index is -1.04. The van der Waals surface area contributed by atoms with Crippen LogP contribution in [0, 0.1) is 0 Å². The first-order valence-corrected chi connectivity index (χ1v) is 10.9. The smallest absolute Gasteiger partial charge is 0.326 e. The van der Waals surface area contributed by atoms with E-state index in [0.717, 1.165) is 0 Å². The van der Waals surface area contributed by atoms with E-state index in [0.29, 0.717) is 44.5 Å². The number of aromatic nitrogens is 2. The number of aliphatic carboxylic acids is 1. The number of carboxylic acids is 1. The SMILES string of the molecule is NC(CS)C(=O)NC(Cc1cnc[nH]1)C(=O)N1CCCC1C(=O)N1CCCC1C(=O)O. The Balaban J connectivity index is 1.77. The zero-order valence-electron chi connectivity index (χ0n) is 17.1. The number of aromatic amines is 1. The number of likely N-dealkylation sites (tertiary alicyclic amines) is 2. The Bertz CT molecular complexity index is 819. The number of H-pyrrole nitrogens is 1. The summed E-state index contributed by atoms with van der Waals surface area (Å²) in [6.45, 7) is 0.716. The molecule has 3 rings (SSSR count). The maximum atomic E-state index is 13.4. The summed E-state index contributed by atoms with van der Waals surface area (Å²) in [5.74, 6) is -2.19. The number of carboxylic acid groups (broad SMARTS) is 1. The molecule has 3 heterocycles. The number of carbonyl (C=O) groups excluding carboxylic acids is 3. The number of carbonyl (C=O) groups is 4. The number of thiol groups is 1. The van der Waals surface area contributed by atoms with Crippen molar-refractivity contribution in [3.05, 3.63) is 18.2 Å². The summed E-state index contributed by atoms with van der Waals surface area (Å²) in [6, 6.07) is -3.43. The van der Waals surface area contributed by atoms with Gasteiger partial charge in [-0.05, 0) is 25.7 Å². The second-order valence-corrected chi connectivity index (χ2v) is 8.21. The van der Waals surface area contributed by atoms with Crippen LogP contribution >= 0.6 is 12.6 Å². The van der Waals surface area contributed by atoms with Gasteiger partial charge in [-0.15, -0.1) is 0 Å². The van der Waals surface area contributed by atoms with Crippen molar-refractivity contribution in [3.63, 3.8) is 0 Å². The van der Waals surface area contributed by atoms with E-state index in [1.54, 1.807) is 6.20 Å². The van der Waals surface area contributed by atoms with E-state index in [4.69, 9.17) is 5.73 Å². The van der Waals surface area contributed by atoms with Crippen molar-refractivity contribution in [2.75, 3.05) is 18.8 Å². The molecule has 0 bridgehead atoms. The summed E-state index contributed by atoms with van der Waals surface area (Å²) < 4.78 is 0. The van der Waals surface area contributed by atoms with Crippen molar-refractivity contribution >= 4 is 36.3 Å². The molecule has 1 aromatic heterocycles. The summed E-state index contributed by atoms with van der Waals surface area (Å²) in [7, 11) is 0. The minimum absolute atomic E-state index is 0.118. The molecule has 5 N–H and O–H groups in total. The number of amides is 3. The molecule has 0 aliphatic carbocycles. The molecule has 2 saturated heterocycles. The summed E-state index contributed by atoms with van der Waals surface area (Å²) in [5.41, 5.74) is 6.39. The molecular weight excluding hydrogens is 424 g/mol. The Kier molecular flexibility index (Phi) is 7.55. The van der Waals surface area contributed by atoms with Crippen molar-refractivity contribution < 1.29 is 24.3 Å². The lowest BCUT2D eigenvalue weighted by Crippen LogP contribution is -2.57. The lowest BCUT2D eigenvalue weighted by Gasteiger charge is -2.32. The molecule has 12 heteroatoms. The lowest BCUT2D eigenvalue weighted by atomic mass is 10.1. The van der Waals surface area contributed by atoms with Gasteiger partial charge >= 0.3 is 5.97 Å². The van der Waals surface area contributed by atoms with Crippen LogP contribution in [-0.4, -0.2) is 91.6 Å². The first-order valence-electron chi connectivity index (χ1n) is 10.3. The van der Waals surface area contributed by atoms with Crippen LogP contribution in [0.3, 0.4) is 0 Å². The highest BCUT2D eigenvalue weighted by Gasteiger charge is 2.43. The molecule has 2 fully saturated rings. The highest BCUT2D eigenvalue weighted by Crippen LogP contribution is 2.26. The van der Waals surface area contributed by atoms with Gasteiger partial charge < -0.3 is 30.9 Å². The van der Waals surface area contributed by atoms with Crippen LogP contribution in [0.15, 0.2) is 12.5 Å². The molecule has 0 aromatic carbocycles. The molecule has 0 radical (unpaired) electrons. The molecule has 2 aliphatic heterocycles. The van der Waals surface area contributed by atoms with Crippen molar-refractivity contribution in [3.8, 4) is 0 Å². The van der Waals surface area contributed by atoms with Gasteiger partial charge in [-0.2, -0.15) is 12.6 Å². The summed E-state index contributed by atoms with van der Waals surface area (Å²) in [4.78, 5) is 60.0. The monoisotopic (exact) mass is 452 g/mol. The third-order valence-corrected chi connectivity index (χ3v) is 6.16. The predicted molar refractivity (Wildman–Crippen MR) is 113 cm³/mol. The summed E-state index contributed by atoms with van der Waals surface area (Å²) in [6.07, 6.45) is 5.27. The van der Waals surface area contributed by atoms with E-state index in [9.17, 15) is 24.3 Å². The average Bonchev–Trinajstić information content (AvgIpc) is 3.52. The van der Waals surface area contributed by atoms with Crippen LogP contribution in [0.5, 0.6) is 0 Å². The Morgan fingerprint density at radius 2 is 1.90 bits per heavy atom. The van der Waals surface area contributed by atoms with Crippen LogP contribution in [-0.2, 0) is 25.6 Å². The van der Waals surface area contributed by atoms with Gasteiger partial charge in [0.1, 0.15) is 18.1 Å². The standard InChI is InChI=1S/C19H28N6O5S/c20-12(9-31)16(26)23-13(7-11-8-21-10-22-11)17(27)24-5-1-3-14(24)18(28)25-6-2-4-15(25)19(29)30/h8,10,12-15,31H,1-7,9,20H2,(H,21,22)(H,23,26)(H,29,30). The van der Waals surface area contributed by atoms with Crippen molar-refractivity contribution in [2.45, 2.75) is 56.3 Å². The summed E-state index contributed by atoms with van der Waals surface area (Å²) in [5, 5.41) is 12.1. The van der Waals surface area contributed by atoms with E-state index in [1.807, 2.05) is 0 Å². The highest BCUT2D eigenvalue weighted by atomic mass is 32.1. The zero-order chi connectivity index (χ0) is 22.5. The maximum Gasteiger partial charge on any atom is 0.326 e. The molecule has 11 nitrogen and oxygen atoms in total. The van der Waals surface area contributed by atoms with Gasteiger partial charge in [-0.1, -0.05) is 0 Å². The second-order valence-electron chi connectivity index (χ2n) is 7.85. The van der Waals surface area contributed by atoms with Crippen LogP contribution in [0.25, 0.3) is 0 Å². The van der Waals surface area contributed by atoms with Gasteiger partial charge in [-0.25, -0.2) is 9.78 Å². The van der Waals surface area contributed by atoms with Crippen molar-refractivity contribution in [2.24, 2.45) is 5.73 Å². The van der Waals surface area contributed by atoms with E-state index < -0.39 is 42.0 Å². The number of hydrogen-bond acceptors (Lipinski definition) is 7. The van der Waals surface area contributed by atoms with Crippen LogP contribution in [0.4, 0.5) is 0 Å². The van der Waals surface area contributed by atoms with Gasteiger partial charge in [-0.3, -0.25) is 14.4 Å². The third kappa shape index (κ3) is 5.18. The number of nitrogens with one attached hydrogen (secondary N) is 2. The molecule has 170 valence electrons. The van der Waals surface area contributed by atoms with Crippen molar-refractivity contribution in [1.29, 1.82) is 0 Å². The number of rotatable bonds is 8. The number of nitrogens with two attached hydrogens (primary N) is 1. The Morgan fingerprint density at radius 3 is 2.52 bits per heavy atom. The number of imidazole rings is 1. The first kappa shape index (κ1) is 23.1. The Morgan fingerprint density at radius 1 is 1.23 bits per heavy atom. The average molecular weight is 453 g/mol. The maximum absolute atomic E-state index is 13.4. The van der Waals surface area contributed by atoms with Gasteiger partial charge in [0.15, 0.2) is 0 Å². The second kappa shape index (κ2) is 10.1. The van der Waals surface area contributed by atoms with Gasteiger partial charge in [0.25, 0.3) is 0 Å². The van der Waals surface area contributed by atoms with E-state index in [2.05, 4.69) is 27.9 Å². The Hall–Kier alpha value is -2.60. The van der Waals surface area contributed by atoms with Gasteiger partial charge in [0.05, 0.1) is 12.4 Å². The molecule has 4 unspecified atom stereocenters. The molecule has 3 amide bonds. The van der Waals surface area contributed by atoms with E-state index in [1.165, 1.54) is 16.1 Å². The van der Waals surface area contributed by atoms with Crippen LogP contribution in [0.2, 0.25) is 0 Å². The third-order valence-electron chi connectivity index (χ3n) is 5.77. The lowest BCUT2D eigenvalue weighted by molar-refractivity contribution is -0.152.